The van der Waals surface area contributed by atoms with E-state index in [-0.39, 0.29) is 5.69 Å². The van der Waals surface area contributed by atoms with Crippen LogP contribution in [0.5, 0.6) is 11.5 Å². The van der Waals surface area contributed by atoms with Crippen molar-refractivity contribution in [3.05, 3.63) is 72.1 Å². The summed E-state index contributed by atoms with van der Waals surface area (Å²) in [5, 5.41) is 3.35. The standard InChI is InChI=1S/C25H26N4O3/c1-16-6-8-17(9-7-16)27-24-28-20-14-18(10-11-22(20)29(24)5)31-19-12-13-26-21(15-19)23(30)32-25(2,3)4/h6-15H,1-5H3,(H,27,28). The normalized spacial score (nSPS) is 11.4. The molecule has 2 aromatic heterocycles. The molecule has 0 amide bonds. The van der Waals surface area contributed by atoms with Crippen LogP contribution in [0.15, 0.2) is 60.8 Å². The van der Waals surface area contributed by atoms with Crippen molar-refractivity contribution >= 4 is 28.6 Å². The lowest BCUT2D eigenvalue weighted by Gasteiger charge is -2.19. The number of aryl methyl sites for hydroxylation is 2. The fourth-order valence-electron chi connectivity index (χ4n) is 3.17. The smallest absolute Gasteiger partial charge is 0.357 e. The predicted octanol–water partition coefficient (Wildman–Crippen LogP) is 5.77. The number of esters is 1. The Morgan fingerprint density at radius 3 is 2.44 bits per heavy atom. The van der Waals surface area contributed by atoms with E-state index in [1.165, 1.54) is 11.8 Å². The van der Waals surface area contributed by atoms with Gasteiger partial charge < -0.3 is 19.4 Å². The van der Waals surface area contributed by atoms with Crippen molar-refractivity contribution in [3.63, 3.8) is 0 Å². The van der Waals surface area contributed by atoms with E-state index in [1.807, 2.05) is 62.7 Å². The maximum atomic E-state index is 12.3. The lowest BCUT2D eigenvalue weighted by Crippen LogP contribution is -2.24. The van der Waals surface area contributed by atoms with Crippen molar-refractivity contribution in [2.75, 3.05) is 5.32 Å². The van der Waals surface area contributed by atoms with Crippen LogP contribution < -0.4 is 10.1 Å². The third-order valence-electron chi connectivity index (χ3n) is 4.74. The number of hydrogen-bond acceptors (Lipinski definition) is 6. The van der Waals surface area contributed by atoms with Gasteiger partial charge in [0.2, 0.25) is 5.95 Å². The predicted molar refractivity (Wildman–Crippen MR) is 125 cm³/mol. The van der Waals surface area contributed by atoms with E-state index in [2.05, 4.69) is 29.4 Å². The average Bonchev–Trinajstić information content (AvgIpc) is 3.03. The quantitative estimate of drug-likeness (QED) is 0.405. The molecule has 0 fully saturated rings. The fraction of sp³-hybridized carbons (Fsp3) is 0.240. The summed E-state index contributed by atoms with van der Waals surface area (Å²) in [6.45, 7) is 7.50. The number of imidazole rings is 1. The Labute approximate surface area is 187 Å². The summed E-state index contributed by atoms with van der Waals surface area (Å²) < 4.78 is 13.3. The van der Waals surface area contributed by atoms with E-state index < -0.39 is 11.6 Å². The summed E-state index contributed by atoms with van der Waals surface area (Å²) in [5.41, 5.74) is 3.53. The molecule has 32 heavy (non-hydrogen) atoms. The Balaban J connectivity index is 1.55. The third-order valence-corrected chi connectivity index (χ3v) is 4.74. The maximum Gasteiger partial charge on any atom is 0.357 e. The van der Waals surface area contributed by atoms with Crippen LogP contribution >= 0.6 is 0 Å². The first-order valence-electron chi connectivity index (χ1n) is 10.4. The highest BCUT2D eigenvalue weighted by Crippen LogP contribution is 2.28. The number of nitrogens with one attached hydrogen (secondary N) is 1. The number of hydrogen-bond donors (Lipinski definition) is 1. The van der Waals surface area contributed by atoms with Crippen molar-refractivity contribution < 1.29 is 14.3 Å². The van der Waals surface area contributed by atoms with E-state index in [0.29, 0.717) is 11.5 Å². The summed E-state index contributed by atoms with van der Waals surface area (Å²) in [5.74, 6) is 1.35. The largest absolute Gasteiger partial charge is 0.457 e. The molecule has 0 aliphatic carbocycles. The summed E-state index contributed by atoms with van der Waals surface area (Å²) in [4.78, 5) is 21.1. The fourth-order valence-corrected chi connectivity index (χ4v) is 3.17. The van der Waals surface area contributed by atoms with Gasteiger partial charge in [0, 0.05) is 31.1 Å². The number of nitrogens with zero attached hydrogens (tertiary/aromatic N) is 3. The molecule has 0 aliphatic heterocycles. The molecule has 0 spiro atoms. The zero-order chi connectivity index (χ0) is 22.9. The number of fused-ring (bicyclic) bond motifs is 1. The van der Waals surface area contributed by atoms with Gasteiger partial charge in [0.05, 0.1) is 11.0 Å². The molecule has 7 heteroatoms. The van der Waals surface area contributed by atoms with E-state index in [4.69, 9.17) is 14.5 Å². The second-order valence-corrected chi connectivity index (χ2v) is 8.62. The van der Waals surface area contributed by atoms with Crippen LogP contribution in [0.2, 0.25) is 0 Å². The Morgan fingerprint density at radius 1 is 1.00 bits per heavy atom. The van der Waals surface area contributed by atoms with Crippen LogP contribution in [-0.4, -0.2) is 26.1 Å². The lowest BCUT2D eigenvalue weighted by atomic mass is 10.2. The number of carbonyl (C=O) groups excluding carboxylic acids is 1. The first-order chi connectivity index (χ1) is 15.2. The highest BCUT2D eigenvalue weighted by Gasteiger charge is 2.19. The van der Waals surface area contributed by atoms with Gasteiger partial charge in [-0.1, -0.05) is 17.7 Å². The van der Waals surface area contributed by atoms with Gasteiger partial charge in [-0.05, 0) is 58.0 Å². The number of ether oxygens (including phenoxy) is 2. The first kappa shape index (κ1) is 21.4. The minimum atomic E-state index is -0.593. The molecule has 4 rings (SSSR count). The summed E-state index contributed by atoms with van der Waals surface area (Å²) >= 11 is 0. The third kappa shape index (κ3) is 4.88. The van der Waals surface area contributed by atoms with Gasteiger partial charge in [0.1, 0.15) is 17.1 Å². The number of anilines is 2. The molecule has 7 nitrogen and oxygen atoms in total. The highest BCUT2D eigenvalue weighted by molar-refractivity contribution is 5.88. The molecule has 164 valence electrons. The van der Waals surface area contributed by atoms with Crippen LogP contribution in [-0.2, 0) is 11.8 Å². The summed E-state index contributed by atoms with van der Waals surface area (Å²) in [6, 6.07) is 17.1. The molecule has 0 saturated carbocycles. The van der Waals surface area contributed by atoms with Crippen LogP contribution in [0.3, 0.4) is 0 Å². The molecular formula is C25H26N4O3. The van der Waals surface area contributed by atoms with Gasteiger partial charge in [-0.25, -0.2) is 14.8 Å². The van der Waals surface area contributed by atoms with Crippen LogP contribution in [0.1, 0.15) is 36.8 Å². The van der Waals surface area contributed by atoms with Crippen molar-refractivity contribution in [2.24, 2.45) is 7.05 Å². The second kappa shape index (κ2) is 8.34. The van der Waals surface area contributed by atoms with Crippen molar-refractivity contribution in [2.45, 2.75) is 33.3 Å². The Bertz CT molecular complexity index is 1270. The van der Waals surface area contributed by atoms with E-state index in [9.17, 15) is 4.79 Å². The molecular weight excluding hydrogens is 404 g/mol. The lowest BCUT2D eigenvalue weighted by molar-refractivity contribution is 0.00624. The topological polar surface area (TPSA) is 78.3 Å². The molecule has 2 heterocycles. The van der Waals surface area contributed by atoms with Gasteiger partial charge in [-0.3, -0.25) is 0 Å². The highest BCUT2D eigenvalue weighted by atomic mass is 16.6. The molecule has 0 unspecified atom stereocenters. The minimum absolute atomic E-state index is 0.195. The monoisotopic (exact) mass is 430 g/mol. The molecule has 1 N–H and O–H groups in total. The van der Waals surface area contributed by atoms with E-state index in [1.54, 1.807) is 12.1 Å². The molecule has 0 saturated heterocycles. The Kier molecular flexibility index (Phi) is 5.57. The summed E-state index contributed by atoms with van der Waals surface area (Å²) in [6.07, 6.45) is 1.53. The Hall–Kier alpha value is -3.87. The zero-order valence-electron chi connectivity index (χ0n) is 18.8. The second-order valence-electron chi connectivity index (χ2n) is 8.62. The van der Waals surface area contributed by atoms with Crippen LogP contribution in [0, 0.1) is 6.92 Å². The molecule has 4 aromatic rings. The van der Waals surface area contributed by atoms with Crippen LogP contribution in [0.4, 0.5) is 11.6 Å². The molecule has 2 aromatic carbocycles. The number of rotatable bonds is 5. The Morgan fingerprint density at radius 2 is 1.72 bits per heavy atom. The average molecular weight is 431 g/mol. The molecule has 0 bridgehead atoms. The zero-order valence-corrected chi connectivity index (χ0v) is 18.8. The van der Waals surface area contributed by atoms with Gasteiger partial charge in [-0.15, -0.1) is 0 Å². The van der Waals surface area contributed by atoms with E-state index >= 15 is 0 Å². The van der Waals surface area contributed by atoms with Crippen molar-refractivity contribution in [1.82, 2.24) is 14.5 Å². The molecule has 0 atom stereocenters. The van der Waals surface area contributed by atoms with E-state index in [0.717, 1.165) is 22.7 Å². The van der Waals surface area contributed by atoms with Gasteiger partial charge >= 0.3 is 5.97 Å². The molecule has 0 radical (unpaired) electrons. The first-order valence-corrected chi connectivity index (χ1v) is 10.4. The molecule has 0 aliphatic rings. The maximum absolute atomic E-state index is 12.3. The van der Waals surface area contributed by atoms with Crippen LogP contribution in [0.25, 0.3) is 11.0 Å². The minimum Gasteiger partial charge on any atom is -0.457 e. The summed E-state index contributed by atoms with van der Waals surface area (Å²) in [7, 11) is 1.96. The van der Waals surface area contributed by atoms with Crippen molar-refractivity contribution in [3.8, 4) is 11.5 Å². The SMILES string of the molecule is Cc1ccc(Nc2nc3cc(Oc4ccnc(C(=O)OC(C)(C)C)c4)ccc3n2C)cc1. The number of benzene rings is 2. The van der Waals surface area contributed by atoms with Crippen molar-refractivity contribution in [1.29, 1.82) is 0 Å². The number of pyridine rings is 1. The number of carbonyl (C=O) groups is 1. The number of aromatic nitrogens is 3. The van der Waals surface area contributed by atoms with Gasteiger partial charge in [-0.2, -0.15) is 0 Å². The van der Waals surface area contributed by atoms with Gasteiger partial charge in [0.15, 0.2) is 5.69 Å². The van der Waals surface area contributed by atoms with Gasteiger partial charge in [0.25, 0.3) is 0 Å².